The van der Waals surface area contributed by atoms with Gasteiger partial charge in [-0.2, -0.15) is 4.31 Å². The molecule has 1 atom stereocenters. The molecule has 22 heavy (non-hydrogen) atoms. The van der Waals surface area contributed by atoms with Gasteiger partial charge < -0.3 is 10.4 Å². The van der Waals surface area contributed by atoms with E-state index in [1.54, 1.807) is 22.5 Å². The fourth-order valence-corrected chi connectivity index (χ4v) is 4.14. The third-order valence-electron chi connectivity index (χ3n) is 3.87. The van der Waals surface area contributed by atoms with E-state index in [2.05, 4.69) is 5.32 Å². The van der Waals surface area contributed by atoms with Crippen LogP contribution in [0.1, 0.15) is 24.8 Å². The van der Waals surface area contributed by atoms with Crippen molar-refractivity contribution in [2.24, 2.45) is 0 Å². The first kappa shape index (κ1) is 17.5. The van der Waals surface area contributed by atoms with Gasteiger partial charge in [0.15, 0.2) is 0 Å². The maximum atomic E-state index is 12.7. The maximum absolute atomic E-state index is 12.7. The van der Waals surface area contributed by atoms with Crippen LogP contribution in [-0.4, -0.2) is 49.4 Å². The maximum Gasteiger partial charge on any atom is 0.243 e. The molecule has 1 aliphatic heterocycles. The fourth-order valence-electron chi connectivity index (χ4n) is 2.49. The molecule has 1 aliphatic rings. The average Bonchev–Trinajstić information content (AvgIpc) is 2.54. The number of aliphatic hydroxyl groups excluding tert-OH is 1. The number of nitrogens with zero attached hydrogens (tertiary/aromatic N) is 1. The molecule has 0 radical (unpaired) electrons. The second-order valence-electron chi connectivity index (χ2n) is 5.63. The summed E-state index contributed by atoms with van der Waals surface area (Å²) in [5.41, 5.74) is 1.64. The summed E-state index contributed by atoms with van der Waals surface area (Å²) >= 11 is 5.57. The minimum atomic E-state index is -3.44. The SMILES string of the molecule is Cc1ccc(S(=O)(=O)N2CCCCC2)cc1NCC(O)CCl. The molecule has 0 amide bonds. The van der Waals surface area contributed by atoms with Crippen LogP contribution in [0.4, 0.5) is 5.69 Å². The highest BCUT2D eigenvalue weighted by molar-refractivity contribution is 7.89. The van der Waals surface area contributed by atoms with Crippen molar-refractivity contribution in [2.75, 3.05) is 30.8 Å². The number of anilines is 1. The predicted molar refractivity (Wildman–Crippen MR) is 89.0 cm³/mol. The number of aryl methyl sites for hydroxylation is 1. The molecule has 1 unspecified atom stereocenters. The molecule has 7 heteroatoms. The summed E-state index contributed by atoms with van der Waals surface area (Å²) in [7, 11) is -3.44. The van der Waals surface area contributed by atoms with Gasteiger partial charge in [-0.25, -0.2) is 8.42 Å². The number of alkyl halides is 1. The van der Waals surface area contributed by atoms with E-state index in [9.17, 15) is 13.5 Å². The van der Waals surface area contributed by atoms with Crippen molar-refractivity contribution in [3.63, 3.8) is 0 Å². The molecule has 1 fully saturated rings. The second kappa shape index (κ2) is 7.64. The van der Waals surface area contributed by atoms with Crippen molar-refractivity contribution in [3.05, 3.63) is 23.8 Å². The van der Waals surface area contributed by atoms with Crippen molar-refractivity contribution >= 4 is 27.3 Å². The van der Waals surface area contributed by atoms with E-state index >= 15 is 0 Å². The molecule has 1 aromatic carbocycles. The lowest BCUT2D eigenvalue weighted by molar-refractivity contribution is 0.211. The Morgan fingerprint density at radius 3 is 2.64 bits per heavy atom. The van der Waals surface area contributed by atoms with Crippen molar-refractivity contribution in [3.8, 4) is 0 Å². The zero-order valence-electron chi connectivity index (χ0n) is 12.8. The Morgan fingerprint density at radius 1 is 1.32 bits per heavy atom. The lowest BCUT2D eigenvalue weighted by Gasteiger charge is -2.26. The quantitative estimate of drug-likeness (QED) is 0.775. The standard InChI is InChI=1S/C15H23ClN2O3S/c1-12-5-6-14(9-15(12)17-11-13(19)10-16)22(20,21)18-7-3-2-4-8-18/h5-6,9,13,17,19H,2-4,7-8,10-11H2,1H3. The van der Waals surface area contributed by atoms with Gasteiger partial charge >= 0.3 is 0 Å². The van der Waals surface area contributed by atoms with E-state index in [0.29, 0.717) is 23.7 Å². The van der Waals surface area contributed by atoms with Crippen LogP contribution in [0.3, 0.4) is 0 Å². The average molecular weight is 347 g/mol. The molecule has 0 aromatic heterocycles. The number of hydrogen-bond acceptors (Lipinski definition) is 4. The van der Waals surface area contributed by atoms with Crippen molar-refractivity contribution < 1.29 is 13.5 Å². The summed E-state index contributed by atoms with van der Waals surface area (Å²) in [6, 6.07) is 5.06. The molecule has 124 valence electrons. The summed E-state index contributed by atoms with van der Waals surface area (Å²) in [5, 5.41) is 12.6. The first-order valence-corrected chi connectivity index (χ1v) is 9.51. The third kappa shape index (κ3) is 4.13. The van der Waals surface area contributed by atoms with Gasteiger partial charge in [-0.3, -0.25) is 0 Å². The van der Waals surface area contributed by atoms with Gasteiger partial charge in [-0.05, 0) is 37.5 Å². The predicted octanol–water partition coefficient (Wildman–Crippen LogP) is 2.18. The first-order valence-electron chi connectivity index (χ1n) is 7.54. The lowest BCUT2D eigenvalue weighted by atomic mass is 10.2. The number of piperidine rings is 1. The summed E-state index contributed by atoms with van der Waals surface area (Å²) in [4.78, 5) is 0.294. The highest BCUT2D eigenvalue weighted by Gasteiger charge is 2.26. The molecular formula is C15H23ClN2O3S. The van der Waals surface area contributed by atoms with Crippen LogP contribution < -0.4 is 5.32 Å². The van der Waals surface area contributed by atoms with Crippen LogP contribution in [0.15, 0.2) is 23.1 Å². The monoisotopic (exact) mass is 346 g/mol. The fraction of sp³-hybridized carbons (Fsp3) is 0.600. The van der Waals surface area contributed by atoms with E-state index in [4.69, 9.17) is 11.6 Å². The summed E-state index contributed by atoms with van der Waals surface area (Å²) < 4.78 is 26.9. The summed E-state index contributed by atoms with van der Waals surface area (Å²) in [6.07, 6.45) is 2.25. The topological polar surface area (TPSA) is 69.6 Å². The Kier molecular flexibility index (Phi) is 6.09. The number of halogens is 1. The number of rotatable bonds is 6. The van der Waals surface area contributed by atoms with Gasteiger partial charge in [-0.15, -0.1) is 11.6 Å². The van der Waals surface area contributed by atoms with Gasteiger partial charge in [0.2, 0.25) is 10.0 Å². The zero-order valence-corrected chi connectivity index (χ0v) is 14.3. The Hall–Kier alpha value is -0.820. The highest BCUT2D eigenvalue weighted by Crippen LogP contribution is 2.25. The van der Waals surface area contributed by atoms with Crippen LogP contribution in [0, 0.1) is 6.92 Å². The van der Waals surface area contributed by atoms with E-state index in [-0.39, 0.29) is 12.4 Å². The van der Waals surface area contributed by atoms with Crippen molar-refractivity contribution in [1.82, 2.24) is 4.31 Å². The van der Waals surface area contributed by atoms with Crippen LogP contribution in [0.2, 0.25) is 0 Å². The lowest BCUT2D eigenvalue weighted by Crippen LogP contribution is -2.35. The molecule has 1 saturated heterocycles. The van der Waals surface area contributed by atoms with Gasteiger partial charge in [0, 0.05) is 25.3 Å². The molecule has 1 aromatic rings. The van der Waals surface area contributed by atoms with Crippen LogP contribution in [0.5, 0.6) is 0 Å². The van der Waals surface area contributed by atoms with Crippen LogP contribution in [-0.2, 0) is 10.0 Å². The van der Waals surface area contributed by atoms with E-state index in [1.165, 1.54) is 0 Å². The number of aliphatic hydroxyl groups is 1. The first-order chi connectivity index (χ1) is 10.4. The Bertz CT molecular complexity index is 601. The minimum Gasteiger partial charge on any atom is -0.390 e. The van der Waals surface area contributed by atoms with Crippen LogP contribution in [0.25, 0.3) is 0 Å². The second-order valence-corrected chi connectivity index (χ2v) is 7.88. The molecule has 5 nitrogen and oxygen atoms in total. The molecule has 0 spiro atoms. The van der Waals surface area contributed by atoms with E-state index in [0.717, 1.165) is 24.8 Å². The number of benzene rings is 1. The molecule has 0 saturated carbocycles. The molecule has 0 bridgehead atoms. The Balaban J connectivity index is 2.20. The number of nitrogens with one attached hydrogen (secondary N) is 1. The molecule has 2 rings (SSSR count). The van der Waals surface area contributed by atoms with Crippen LogP contribution >= 0.6 is 11.6 Å². The van der Waals surface area contributed by atoms with Crippen molar-refractivity contribution in [2.45, 2.75) is 37.2 Å². The molecule has 0 aliphatic carbocycles. The molecule has 1 heterocycles. The highest BCUT2D eigenvalue weighted by atomic mass is 35.5. The Labute approximate surface area is 137 Å². The molecule has 2 N–H and O–H groups in total. The van der Waals surface area contributed by atoms with E-state index in [1.807, 2.05) is 6.92 Å². The number of hydrogen-bond donors (Lipinski definition) is 2. The summed E-state index contributed by atoms with van der Waals surface area (Å²) in [5.74, 6) is 0.137. The normalized spacial score (nSPS) is 18.1. The minimum absolute atomic E-state index is 0.137. The van der Waals surface area contributed by atoms with Gasteiger partial charge in [0.25, 0.3) is 0 Å². The van der Waals surface area contributed by atoms with E-state index < -0.39 is 16.1 Å². The van der Waals surface area contributed by atoms with Gasteiger partial charge in [0.1, 0.15) is 0 Å². The van der Waals surface area contributed by atoms with Gasteiger partial charge in [0.05, 0.1) is 16.9 Å². The smallest absolute Gasteiger partial charge is 0.243 e. The largest absolute Gasteiger partial charge is 0.390 e. The Morgan fingerprint density at radius 2 is 2.00 bits per heavy atom. The zero-order chi connectivity index (χ0) is 16.2. The van der Waals surface area contributed by atoms with Crippen molar-refractivity contribution in [1.29, 1.82) is 0 Å². The third-order valence-corrected chi connectivity index (χ3v) is 6.12. The van der Waals surface area contributed by atoms with Gasteiger partial charge in [-0.1, -0.05) is 12.5 Å². The molecular weight excluding hydrogens is 324 g/mol. The number of sulfonamides is 1. The summed E-state index contributed by atoms with van der Waals surface area (Å²) in [6.45, 7) is 3.36.